The first-order valence-corrected chi connectivity index (χ1v) is 8.53. The first-order chi connectivity index (χ1) is 10.6. The molecular formula is C24H33NTi. The quantitative estimate of drug-likeness (QED) is 0.328. The van der Waals surface area contributed by atoms with Crippen molar-refractivity contribution in [1.29, 1.82) is 0 Å². The second-order valence-corrected chi connectivity index (χ2v) is 7.33. The number of hydrogen-bond donors (Lipinski definition) is 0. The molecule has 4 rings (SSSR count). The van der Waals surface area contributed by atoms with Gasteiger partial charge >= 0.3 is 21.7 Å². The van der Waals surface area contributed by atoms with Gasteiger partial charge in [-0.2, -0.15) is 0 Å². The standard InChI is InChI=1S/C21H24N.3CH3.Ti/c1-12-13(2)15(4)20(14(12)3)18-10-7-9-17-16-8-5-6-11-19(16)22-21(17)18;;;;/h5-15,20H,1-4H3;3*1H3;/q4*-1;+4. The van der Waals surface area contributed by atoms with Gasteiger partial charge in [-0.25, -0.2) is 0 Å². The summed E-state index contributed by atoms with van der Waals surface area (Å²) >= 11 is 0. The van der Waals surface area contributed by atoms with E-state index in [0.29, 0.717) is 5.92 Å². The largest absolute Gasteiger partial charge is 4.00 e. The molecule has 1 aliphatic rings. The van der Waals surface area contributed by atoms with E-state index in [0.717, 1.165) is 29.2 Å². The van der Waals surface area contributed by atoms with Gasteiger partial charge in [-0.1, -0.05) is 75.7 Å². The van der Waals surface area contributed by atoms with Crippen LogP contribution in [0.3, 0.4) is 0 Å². The molecule has 0 saturated heterocycles. The van der Waals surface area contributed by atoms with Crippen LogP contribution in [0.15, 0.2) is 42.5 Å². The van der Waals surface area contributed by atoms with Crippen LogP contribution in [-0.2, 0) is 21.7 Å². The van der Waals surface area contributed by atoms with E-state index in [1.165, 1.54) is 21.9 Å². The molecule has 3 aromatic rings. The minimum absolute atomic E-state index is 0. The van der Waals surface area contributed by atoms with E-state index in [4.69, 9.17) is 4.98 Å². The van der Waals surface area contributed by atoms with Crippen LogP contribution in [0.2, 0.25) is 0 Å². The fourth-order valence-electron chi connectivity index (χ4n) is 4.75. The maximum Gasteiger partial charge on any atom is 4.00 e. The average molecular weight is 383 g/mol. The van der Waals surface area contributed by atoms with Gasteiger partial charge in [0.2, 0.25) is 0 Å². The third kappa shape index (κ3) is 3.53. The number of nitrogens with zero attached hydrogens (tertiary/aromatic N) is 1. The molecule has 1 heterocycles. The normalized spacial score (nSPS) is 27.2. The maximum atomic E-state index is 4.98. The molecule has 0 N–H and O–H groups in total. The van der Waals surface area contributed by atoms with Crippen molar-refractivity contribution in [2.75, 3.05) is 0 Å². The summed E-state index contributed by atoms with van der Waals surface area (Å²) in [5, 5.41) is 2.61. The summed E-state index contributed by atoms with van der Waals surface area (Å²) < 4.78 is 0. The number of hydrogen-bond acceptors (Lipinski definition) is 0. The molecule has 2 heteroatoms. The van der Waals surface area contributed by atoms with E-state index in [9.17, 15) is 0 Å². The van der Waals surface area contributed by atoms with Crippen LogP contribution >= 0.6 is 0 Å². The summed E-state index contributed by atoms with van der Waals surface area (Å²) in [6.07, 6.45) is 0. The van der Waals surface area contributed by atoms with Crippen LogP contribution in [0.5, 0.6) is 0 Å². The van der Waals surface area contributed by atoms with Crippen LogP contribution in [0.25, 0.3) is 21.8 Å². The number of benzene rings is 2. The summed E-state index contributed by atoms with van der Waals surface area (Å²) in [5.41, 5.74) is 3.82. The van der Waals surface area contributed by atoms with Gasteiger partial charge < -0.3 is 27.3 Å². The second-order valence-electron chi connectivity index (χ2n) is 7.33. The molecule has 138 valence electrons. The summed E-state index contributed by atoms with van der Waals surface area (Å²) in [5.74, 6) is 3.61. The van der Waals surface area contributed by atoms with E-state index in [1.807, 2.05) is 0 Å². The van der Waals surface area contributed by atoms with Crippen molar-refractivity contribution in [2.24, 2.45) is 23.7 Å². The zero-order valence-electron chi connectivity index (χ0n) is 17.4. The molecule has 0 bridgehead atoms. The Morgan fingerprint density at radius 1 is 0.654 bits per heavy atom. The van der Waals surface area contributed by atoms with Crippen LogP contribution in [0.4, 0.5) is 0 Å². The van der Waals surface area contributed by atoms with Gasteiger partial charge in [0.15, 0.2) is 0 Å². The average Bonchev–Trinajstić information content (AvgIpc) is 3.00. The minimum atomic E-state index is 0. The van der Waals surface area contributed by atoms with Crippen LogP contribution in [-0.4, -0.2) is 0 Å². The third-order valence-electron chi connectivity index (χ3n) is 6.47. The van der Waals surface area contributed by atoms with E-state index < -0.39 is 0 Å². The van der Waals surface area contributed by atoms with Crippen molar-refractivity contribution < 1.29 is 21.7 Å². The fraction of sp³-hybridized carbons (Fsp3) is 0.375. The molecule has 0 aliphatic heterocycles. The number of rotatable bonds is 1. The molecule has 0 amide bonds. The Kier molecular flexibility index (Phi) is 8.87. The van der Waals surface area contributed by atoms with Crippen molar-refractivity contribution in [1.82, 2.24) is 4.98 Å². The van der Waals surface area contributed by atoms with Gasteiger partial charge in [0.1, 0.15) is 0 Å². The Bertz CT molecular complexity index is 820. The number of aromatic nitrogens is 1. The van der Waals surface area contributed by atoms with E-state index >= 15 is 0 Å². The molecule has 2 aromatic carbocycles. The molecule has 26 heavy (non-hydrogen) atoms. The van der Waals surface area contributed by atoms with Gasteiger partial charge in [0.25, 0.3) is 0 Å². The Labute approximate surface area is 175 Å². The van der Waals surface area contributed by atoms with E-state index in [1.54, 1.807) is 0 Å². The van der Waals surface area contributed by atoms with Gasteiger partial charge in [-0.05, 0) is 40.4 Å². The SMILES string of the molecule is CC1C(C)C(C)C(c2cccc3c2[n-]c2ccccc23)C1C.[CH3-].[CH3-].[CH3-].[Ti+4]. The molecule has 1 nitrogen and oxygen atoms in total. The van der Waals surface area contributed by atoms with Gasteiger partial charge in [0.05, 0.1) is 0 Å². The summed E-state index contributed by atoms with van der Waals surface area (Å²) in [7, 11) is 0. The predicted octanol–water partition coefficient (Wildman–Crippen LogP) is 6.94. The van der Waals surface area contributed by atoms with Gasteiger partial charge in [-0.15, -0.1) is 11.0 Å². The van der Waals surface area contributed by atoms with E-state index in [-0.39, 0.29) is 44.0 Å². The van der Waals surface area contributed by atoms with Crippen molar-refractivity contribution in [3.8, 4) is 0 Å². The first-order valence-electron chi connectivity index (χ1n) is 8.53. The first kappa shape index (κ1) is 25.0. The Morgan fingerprint density at radius 3 is 1.81 bits per heavy atom. The molecule has 1 aliphatic carbocycles. The maximum absolute atomic E-state index is 4.98. The molecule has 4 atom stereocenters. The zero-order chi connectivity index (χ0) is 15.4. The van der Waals surface area contributed by atoms with Crippen molar-refractivity contribution in [2.45, 2.75) is 33.6 Å². The molecular weight excluding hydrogens is 350 g/mol. The summed E-state index contributed by atoms with van der Waals surface area (Å²) in [6, 6.07) is 15.3. The van der Waals surface area contributed by atoms with Crippen LogP contribution in [0, 0.1) is 46.0 Å². The predicted molar refractivity (Wildman–Crippen MR) is 113 cm³/mol. The Hall–Kier alpha value is -1.05. The smallest absolute Gasteiger partial charge is 0.657 e. The van der Waals surface area contributed by atoms with Crippen molar-refractivity contribution in [3.05, 3.63) is 70.3 Å². The minimum Gasteiger partial charge on any atom is -0.657 e. The summed E-state index contributed by atoms with van der Waals surface area (Å²) in [4.78, 5) is 4.98. The molecule has 1 fully saturated rings. The molecule has 4 unspecified atom stereocenters. The monoisotopic (exact) mass is 383 g/mol. The van der Waals surface area contributed by atoms with Crippen molar-refractivity contribution in [3.63, 3.8) is 0 Å². The Morgan fingerprint density at radius 2 is 1.19 bits per heavy atom. The second kappa shape index (κ2) is 9.24. The Balaban J connectivity index is 0.00000156. The zero-order valence-corrected chi connectivity index (χ0v) is 18.9. The van der Waals surface area contributed by atoms with Crippen molar-refractivity contribution >= 4 is 21.8 Å². The number of para-hydroxylation sites is 2. The van der Waals surface area contributed by atoms with Crippen LogP contribution in [0.1, 0.15) is 39.2 Å². The molecule has 0 spiro atoms. The topological polar surface area (TPSA) is 14.1 Å². The number of fused-ring (bicyclic) bond motifs is 3. The van der Waals surface area contributed by atoms with Gasteiger partial charge in [-0.3, -0.25) is 0 Å². The molecule has 1 saturated carbocycles. The molecule has 0 radical (unpaired) electrons. The molecule has 1 aromatic heterocycles. The van der Waals surface area contributed by atoms with Gasteiger partial charge in [0, 0.05) is 0 Å². The van der Waals surface area contributed by atoms with Crippen LogP contribution < -0.4 is 4.98 Å². The van der Waals surface area contributed by atoms with E-state index in [2.05, 4.69) is 70.2 Å². The summed E-state index contributed by atoms with van der Waals surface area (Å²) in [6.45, 7) is 9.69. The fourth-order valence-corrected chi connectivity index (χ4v) is 4.75. The third-order valence-corrected chi connectivity index (χ3v) is 6.47.